The van der Waals surface area contributed by atoms with Crippen LogP contribution in [0.4, 0.5) is 0 Å². The maximum atomic E-state index is 10.4. The molecule has 0 aliphatic rings. The molecule has 0 fully saturated rings. The summed E-state index contributed by atoms with van der Waals surface area (Å²) >= 11 is 11.8. The molecule has 2 aromatic carbocycles. The Morgan fingerprint density at radius 2 is 1.07 bits per heavy atom. The molecule has 0 unspecified atom stereocenters. The van der Waals surface area contributed by atoms with Crippen LogP contribution in [0.2, 0.25) is 10.0 Å². The van der Waals surface area contributed by atoms with Gasteiger partial charge in [-0.15, -0.1) is 0 Å². The molecule has 0 amide bonds. The number of nitrogens with zero attached hydrogens (tertiary/aromatic N) is 2. The van der Waals surface area contributed by atoms with Gasteiger partial charge in [0.1, 0.15) is 36.1 Å². The molecule has 2 aromatic heterocycles. The highest BCUT2D eigenvalue weighted by atomic mass is 35.5. The summed E-state index contributed by atoms with van der Waals surface area (Å²) in [5.41, 5.74) is 2.21. The van der Waals surface area contributed by atoms with Crippen molar-refractivity contribution in [3.63, 3.8) is 0 Å². The number of hydrogen-bond donors (Lipinski definition) is 6. The Balaban J connectivity index is 1.56. The normalized spacial score (nSPS) is 16.4. The molecule has 0 saturated carbocycles. The molecule has 0 spiro atoms. The molecule has 28 heavy (non-hydrogen) atoms. The number of nitrogens with one attached hydrogen (secondary N) is 2. The Kier molecular flexibility index (Phi) is 5.00. The smallest absolute Gasteiger partial charge is 0.140 e. The first-order chi connectivity index (χ1) is 13.3. The quantitative estimate of drug-likeness (QED) is 0.291. The fraction of sp³-hybridized carbons (Fsp3) is 0.222. The summed E-state index contributed by atoms with van der Waals surface area (Å²) in [5.74, 6) is 0.0693. The first kappa shape index (κ1) is 19.1. The van der Waals surface area contributed by atoms with Crippen LogP contribution >= 0.6 is 23.2 Å². The van der Waals surface area contributed by atoms with E-state index in [1.807, 2.05) is 0 Å². The van der Waals surface area contributed by atoms with Crippen molar-refractivity contribution in [2.24, 2.45) is 0 Å². The molecule has 0 saturated heterocycles. The fourth-order valence-electron chi connectivity index (χ4n) is 2.98. The van der Waals surface area contributed by atoms with E-state index in [1.165, 1.54) is 0 Å². The minimum atomic E-state index is -1.73. The van der Waals surface area contributed by atoms with E-state index in [0.717, 1.165) is 0 Å². The van der Waals surface area contributed by atoms with Gasteiger partial charge in [0.05, 0.1) is 22.1 Å². The molecular weight excluding hydrogens is 407 g/mol. The van der Waals surface area contributed by atoms with Crippen LogP contribution in [0.5, 0.6) is 0 Å². The van der Waals surface area contributed by atoms with Crippen LogP contribution < -0.4 is 0 Å². The molecule has 4 atom stereocenters. The van der Waals surface area contributed by atoms with E-state index in [1.54, 1.807) is 36.4 Å². The summed E-state index contributed by atoms with van der Waals surface area (Å²) in [7, 11) is 0. The minimum absolute atomic E-state index is 0.0346. The van der Waals surface area contributed by atoms with Gasteiger partial charge in [0.25, 0.3) is 0 Å². The molecule has 4 rings (SSSR count). The number of benzene rings is 2. The topological polar surface area (TPSA) is 138 Å². The number of rotatable bonds is 5. The van der Waals surface area contributed by atoms with Crippen molar-refractivity contribution in [2.45, 2.75) is 24.4 Å². The van der Waals surface area contributed by atoms with Gasteiger partial charge in [0.15, 0.2) is 0 Å². The maximum Gasteiger partial charge on any atom is 0.140 e. The SMILES string of the molecule is O[C@H]([C@H](O)[C@H](O)c1nc2ccc(Cl)cc2[nH]1)[C@@H](O)c1nc2ccc(Cl)cc2[nH]1. The van der Waals surface area contributed by atoms with E-state index in [9.17, 15) is 20.4 Å². The van der Waals surface area contributed by atoms with Crippen LogP contribution in [0.25, 0.3) is 22.1 Å². The summed E-state index contributed by atoms with van der Waals surface area (Å²) in [6.45, 7) is 0. The molecule has 0 bridgehead atoms. The minimum Gasteiger partial charge on any atom is -0.387 e. The fourth-order valence-corrected chi connectivity index (χ4v) is 3.32. The van der Waals surface area contributed by atoms with Gasteiger partial charge in [0.2, 0.25) is 0 Å². The molecule has 4 aromatic rings. The van der Waals surface area contributed by atoms with Gasteiger partial charge in [0, 0.05) is 10.0 Å². The molecule has 6 N–H and O–H groups in total. The van der Waals surface area contributed by atoms with Gasteiger partial charge >= 0.3 is 0 Å². The lowest BCUT2D eigenvalue weighted by Gasteiger charge is -2.24. The molecular formula is C18H16Cl2N4O4. The Bertz CT molecular complexity index is 1060. The second-order valence-electron chi connectivity index (χ2n) is 6.44. The number of halogens is 2. The van der Waals surface area contributed by atoms with Crippen molar-refractivity contribution in [3.8, 4) is 0 Å². The van der Waals surface area contributed by atoms with Crippen LogP contribution in [0, 0.1) is 0 Å². The van der Waals surface area contributed by atoms with E-state index in [2.05, 4.69) is 19.9 Å². The summed E-state index contributed by atoms with van der Waals surface area (Å²) in [6, 6.07) is 9.84. The second-order valence-corrected chi connectivity index (χ2v) is 7.31. The van der Waals surface area contributed by atoms with E-state index < -0.39 is 24.4 Å². The Hall–Kier alpha value is -2.20. The van der Waals surface area contributed by atoms with Gasteiger partial charge in [-0.2, -0.15) is 0 Å². The lowest BCUT2D eigenvalue weighted by atomic mass is 10.0. The van der Waals surface area contributed by atoms with Crippen molar-refractivity contribution in [1.29, 1.82) is 0 Å². The van der Waals surface area contributed by atoms with Crippen molar-refractivity contribution in [3.05, 3.63) is 58.1 Å². The highest BCUT2D eigenvalue weighted by Crippen LogP contribution is 2.27. The zero-order chi connectivity index (χ0) is 20.0. The van der Waals surface area contributed by atoms with E-state index in [-0.39, 0.29) is 11.6 Å². The predicted octanol–water partition coefficient (Wildman–Crippen LogP) is 2.23. The third-order valence-electron chi connectivity index (χ3n) is 4.48. The summed E-state index contributed by atoms with van der Waals surface area (Å²) in [6.07, 6.45) is -6.62. The number of H-pyrrole nitrogens is 2. The highest BCUT2D eigenvalue weighted by Gasteiger charge is 2.35. The van der Waals surface area contributed by atoms with Crippen LogP contribution in [-0.4, -0.2) is 52.6 Å². The average molecular weight is 423 g/mol. The van der Waals surface area contributed by atoms with E-state index >= 15 is 0 Å². The third kappa shape index (κ3) is 3.46. The Labute approximate surface area is 168 Å². The number of aromatic nitrogens is 4. The van der Waals surface area contributed by atoms with Crippen molar-refractivity contribution >= 4 is 45.3 Å². The van der Waals surface area contributed by atoms with Gasteiger partial charge in [-0.05, 0) is 36.4 Å². The standard InChI is InChI=1S/C18H16Cl2N4O4/c19-7-1-3-9-11(5-7)23-17(21-9)15(27)13(25)14(26)16(28)18-22-10-4-2-8(20)6-12(10)24-18/h1-6,13-16,25-28H,(H,21,23)(H,22,24)/t13-,14+,15-,16+. The van der Waals surface area contributed by atoms with Crippen molar-refractivity contribution < 1.29 is 20.4 Å². The second kappa shape index (κ2) is 7.32. The van der Waals surface area contributed by atoms with Crippen LogP contribution in [0.15, 0.2) is 36.4 Å². The van der Waals surface area contributed by atoms with E-state index in [0.29, 0.717) is 32.1 Å². The number of aliphatic hydroxyl groups excluding tert-OH is 4. The number of imidazole rings is 2. The zero-order valence-corrected chi connectivity index (χ0v) is 15.7. The molecule has 8 nitrogen and oxygen atoms in total. The maximum absolute atomic E-state index is 10.4. The lowest BCUT2D eigenvalue weighted by molar-refractivity contribution is -0.111. The van der Waals surface area contributed by atoms with E-state index in [4.69, 9.17) is 23.2 Å². The Morgan fingerprint density at radius 3 is 1.46 bits per heavy atom. The molecule has 10 heteroatoms. The summed E-state index contributed by atoms with van der Waals surface area (Å²) < 4.78 is 0. The number of hydrogen-bond acceptors (Lipinski definition) is 6. The number of fused-ring (bicyclic) bond motifs is 2. The largest absolute Gasteiger partial charge is 0.387 e. The monoisotopic (exact) mass is 422 g/mol. The van der Waals surface area contributed by atoms with Gasteiger partial charge in [-0.3, -0.25) is 0 Å². The van der Waals surface area contributed by atoms with Crippen molar-refractivity contribution in [2.75, 3.05) is 0 Å². The average Bonchev–Trinajstić information content (AvgIpc) is 3.28. The molecule has 0 radical (unpaired) electrons. The van der Waals surface area contributed by atoms with Gasteiger partial charge < -0.3 is 30.4 Å². The number of aliphatic hydroxyl groups is 4. The van der Waals surface area contributed by atoms with Crippen molar-refractivity contribution in [1.82, 2.24) is 19.9 Å². The number of aromatic amines is 2. The van der Waals surface area contributed by atoms with Crippen LogP contribution in [0.3, 0.4) is 0 Å². The first-order valence-corrected chi connectivity index (χ1v) is 9.11. The third-order valence-corrected chi connectivity index (χ3v) is 4.95. The zero-order valence-electron chi connectivity index (χ0n) is 14.2. The van der Waals surface area contributed by atoms with Gasteiger partial charge in [-0.1, -0.05) is 23.2 Å². The predicted molar refractivity (Wildman–Crippen MR) is 104 cm³/mol. The van der Waals surface area contributed by atoms with Gasteiger partial charge in [-0.25, -0.2) is 9.97 Å². The molecule has 2 heterocycles. The molecule has 0 aliphatic carbocycles. The lowest BCUT2D eigenvalue weighted by Crippen LogP contribution is -2.37. The first-order valence-electron chi connectivity index (χ1n) is 8.36. The summed E-state index contributed by atoms with van der Waals surface area (Å²) in [4.78, 5) is 14.0. The molecule has 146 valence electrons. The Morgan fingerprint density at radius 1 is 0.679 bits per heavy atom. The van der Waals surface area contributed by atoms with Crippen LogP contribution in [-0.2, 0) is 0 Å². The molecule has 0 aliphatic heterocycles. The summed E-state index contributed by atoms with van der Waals surface area (Å²) in [5, 5.41) is 42.5. The highest BCUT2D eigenvalue weighted by molar-refractivity contribution is 6.31. The van der Waals surface area contributed by atoms with Crippen LogP contribution in [0.1, 0.15) is 23.9 Å².